The van der Waals surface area contributed by atoms with E-state index < -0.39 is 0 Å². The number of carbonyl (C=O) groups is 1. The molecule has 0 bridgehead atoms. The summed E-state index contributed by atoms with van der Waals surface area (Å²) < 4.78 is 7.80. The normalized spacial score (nSPS) is 15.3. The SMILES string of the molecule is COc1ccccc1C(CC(=O)N1CCC(Cc2ccccc2)CC1)c1cnc2cc(C)ccn12. The molecule has 0 radical (unpaired) electrons. The van der Waals surface area contributed by atoms with Crippen molar-refractivity contribution in [1.29, 1.82) is 0 Å². The average molecular weight is 468 g/mol. The first-order valence-corrected chi connectivity index (χ1v) is 12.5. The van der Waals surface area contributed by atoms with Crippen LogP contribution in [0.2, 0.25) is 0 Å². The first kappa shape index (κ1) is 23.2. The number of para-hydroxylation sites is 1. The van der Waals surface area contributed by atoms with Gasteiger partial charge in [0.2, 0.25) is 5.91 Å². The molecule has 1 aliphatic heterocycles. The number of carbonyl (C=O) groups excluding carboxylic acids is 1. The minimum atomic E-state index is -0.140. The molecular weight excluding hydrogens is 434 g/mol. The summed E-state index contributed by atoms with van der Waals surface area (Å²) in [6, 6.07) is 22.8. The molecular formula is C30H33N3O2. The Bertz CT molecular complexity index is 1290. The van der Waals surface area contributed by atoms with E-state index in [1.165, 1.54) is 5.56 Å². The van der Waals surface area contributed by atoms with Crippen LogP contribution in [0.15, 0.2) is 79.1 Å². The summed E-state index contributed by atoms with van der Waals surface area (Å²) in [7, 11) is 1.69. The average Bonchev–Trinajstić information content (AvgIpc) is 3.31. The number of imidazole rings is 1. The Morgan fingerprint density at radius 2 is 1.80 bits per heavy atom. The maximum atomic E-state index is 13.6. The number of fused-ring (bicyclic) bond motifs is 1. The first-order chi connectivity index (χ1) is 17.1. The minimum Gasteiger partial charge on any atom is -0.496 e. The maximum Gasteiger partial charge on any atom is 0.223 e. The van der Waals surface area contributed by atoms with Crippen LogP contribution in [-0.4, -0.2) is 40.4 Å². The lowest BCUT2D eigenvalue weighted by molar-refractivity contribution is -0.132. The number of pyridine rings is 1. The van der Waals surface area contributed by atoms with E-state index in [-0.39, 0.29) is 11.8 Å². The molecule has 0 saturated carbocycles. The highest BCUT2D eigenvalue weighted by Gasteiger charge is 2.29. The summed E-state index contributed by atoms with van der Waals surface area (Å²) in [5.41, 5.74) is 5.48. The number of ether oxygens (including phenoxy) is 1. The van der Waals surface area contributed by atoms with Gasteiger partial charge in [0.1, 0.15) is 11.4 Å². The fourth-order valence-corrected chi connectivity index (χ4v) is 5.33. The lowest BCUT2D eigenvalue weighted by atomic mass is 9.88. The van der Waals surface area contributed by atoms with Crippen LogP contribution >= 0.6 is 0 Å². The molecule has 1 unspecified atom stereocenters. The van der Waals surface area contributed by atoms with Gasteiger partial charge < -0.3 is 14.0 Å². The Balaban J connectivity index is 1.35. The van der Waals surface area contributed by atoms with Crippen LogP contribution in [0.25, 0.3) is 5.65 Å². The molecule has 1 saturated heterocycles. The number of aromatic nitrogens is 2. The number of hydrogen-bond donors (Lipinski definition) is 0. The van der Waals surface area contributed by atoms with Crippen molar-refractivity contribution >= 4 is 11.6 Å². The van der Waals surface area contributed by atoms with Gasteiger partial charge in [-0.1, -0.05) is 48.5 Å². The zero-order valence-corrected chi connectivity index (χ0v) is 20.6. The Morgan fingerprint density at radius 1 is 1.06 bits per heavy atom. The molecule has 5 rings (SSSR count). The summed E-state index contributed by atoms with van der Waals surface area (Å²) >= 11 is 0. The highest BCUT2D eigenvalue weighted by molar-refractivity contribution is 5.78. The van der Waals surface area contributed by atoms with Gasteiger partial charge in [-0.3, -0.25) is 4.79 Å². The number of aryl methyl sites for hydroxylation is 1. The zero-order chi connectivity index (χ0) is 24.2. The van der Waals surface area contributed by atoms with Crippen LogP contribution in [0.5, 0.6) is 5.75 Å². The van der Waals surface area contributed by atoms with Crippen molar-refractivity contribution in [3.8, 4) is 5.75 Å². The predicted molar refractivity (Wildman–Crippen MR) is 139 cm³/mol. The van der Waals surface area contributed by atoms with Gasteiger partial charge in [0, 0.05) is 43.4 Å². The Labute approximate surface area is 207 Å². The lowest BCUT2D eigenvalue weighted by Crippen LogP contribution is -2.39. The molecule has 4 aromatic rings. The second kappa shape index (κ2) is 10.3. The molecule has 180 valence electrons. The summed E-state index contributed by atoms with van der Waals surface area (Å²) in [5, 5.41) is 0. The Morgan fingerprint density at radius 3 is 2.57 bits per heavy atom. The molecule has 5 nitrogen and oxygen atoms in total. The van der Waals surface area contributed by atoms with Crippen molar-refractivity contribution in [3.05, 3.63) is 102 Å². The monoisotopic (exact) mass is 467 g/mol. The number of amides is 1. The van der Waals surface area contributed by atoms with E-state index >= 15 is 0 Å². The van der Waals surface area contributed by atoms with Crippen molar-refractivity contribution in [2.45, 2.75) is 38.5 Å². The molecule has 1 aliphatic rings. The second-order valence-electron chi connectivity index (χ2n) is 9.63. The number of piperidine rings is 1. The Kier molecular flexibility index (Phi) is 6.84. The highest BCUT2D eigenvalue weighted by atomic mass is 16.5. The molecule has 5 heteroatoms. The topological polar surface area (TPSA) is 46.8 Å². The van der Waals surface area contributed by atoms with E-state index in [1.54, 1.807) is 7.11 Å². The first-order valence-electron chi connectivity index (χ1n) is 12.5. The largest absolute Gasteiger partial charge is 0.496 e. The van der Waals surface area contributed by atoms with E-state index in [0.29, 0.717) is 12.3 Å². The number of methoxy groups -OCH3 is 1. The maximum absolute atomic E-state index is 13.6. The standard InChI is InChI=1S/C30H33N3O2/c1-22-12-17-33-27(21-31-29(33)18-22)26(25-10-6-7-11-28(25)35-2)20-30(34)32-15-13-24(14-16-32)19-23-8-4-3-5-9-23/h3-12,17-18,21,24,26H,13-16,19-20H2,1-2H3. The molecule has 0 N–H and O–H groups in total. The number of hydrogen-bond acceptors (Lipinski definition) is 3. The number of nitrogens with zero attached hydrogens (tertiary/aromatic N) is 3. The summed E-state index contributed by atoms with van der Waals surface area (Å²) in [6.07, 6.45) is 7.54. The molecule has 0 spiro atoms. The quantitative estimate of drug-likeness (QED) is 0.353. The molecule has 1 atom stereocenters. The minimum absolute atomic E-state index is 0.140. The lowest BCUT2D eigenvalue weighted by Gasteiger charge is -2.33. The summed E-state index contributed by atoms with van der Waals surface area (Å²) in [5.74, 6) is 1.49. The third-order valence-electron chi connectivity index (χ3n) is 7.28. The fraction of sp³-hybridized carbons (Fsp3) is 0.333. The molecule has 1 fully saturated rings. The van der Waals surface area contributed by atoms with Crippen LogP contribution in [0.4, 0.5) is 0 Å². The van der Waals surface area contributed by atoms with E-state index in [1.807, 2.05) is 24.4 Å². The Hall–Kier alpha value is -3.60. The highest BCUT2D eigenvalue weighted by Crippen LogP contribution is 2.36. The van der Waals surface area contributed by atoms with Crippen molar-refractivity contribution in [1.82, 2.24) is 14.3 Å². The van der Waals surface area contributed by atoms with E-state index in [0.717, 1.165) is 60.6 Å². The molecule has 2 aromatic heterocycles. The van der Waals surface area contributed by atoms with Crippen LogP contribution in [0.3, 0.4) is 0 Å². The second-order valence-corrected chi connectivity index (χ2v) is 9.63. The van der Waals surface area contributed by atoms with Crippen LogP contribution in [0, 0.1) is 12.8 Å². The van der Waals surface area contributed by atoms with E-state index in [4.69, 9.17) is 4.74 Å². The van der Waals surface area contributed by atoms with Crippen LogP contribution in [-0.2, 0) is 11.2 Å². The third kappa shape index (κ3) is 5.09. The van der Waals surface area contributed by atoms with Crippen molar-refractivity contribution in [3.63, 3.8) is 0 Å². The summed E-state index contributed by atoms with van der Waals surface area (Å²) in [6.45, 7) is 3.71. The molecule has 1 amide bonds. The van der Waals surface area contributed by atoms with Crippen LogP contribution in [0.1, 0.15) is 47.6 Å². The summed E-state index contributed by atoms with van der Waals surface area (Å²) in [4.78, 5) is 20.3. The van der Waals surface area contributed by atoms with Gasteiger partial charge in [-0.2, -0.15) is 0 Å². The fourth-order valence-electron chi connectivity index (χ4n) is 5.33. The van der Waals surface area contributed by atoms with Gasteiger partial charge in [-0.25, -0.2) is 4.98 Å². The van der Waals surface area contributed by atoms with Gasteiger partial charge >= 0.3 is 0 Å². The number of likely N-dealkylation sites (tertiary alicyclic amines) is 1. The smallest absolute Gasteiger partial charge is 0.223 e. The number of rotatable bonds is 7. The molecule has 2 aromatic carbocycles. The molecule has 35 heavy (non-hydrogen) atoms. The van der Waals surface area contributed by atoms with Crippen molar-refractivity contribution in [2.75, 3.05) is 20.2 Å². The van der Waals surface area contributed by atoms with Crippen molar-refractivity contribution < 1.29 is 9.53 Å². The van der Waals surface area contributed by atoms with E-state index in [2.05, 4.69) is 75.9 Å². The number of benzene rings is 2. The van der Waals surface area contributed by atoms with Gasteiger partial charge in [0.15, 0.2) is 0 Å². The van der Waals surface area contributed by atoms with Gasteiger partial charge in [-0.15, -0.1) is 0 Å². The van der Waals surface area contributed by atoms with Crippen molar-refractivity contribution in [2.24, 2.45) is 5.92 Å². The van der Waals surface area contributed by atoms with Gasteiger partial charge in [0.25, 0.3) is 0 Å². The van der Waals surface area contributed by atoms with Gasteiger partial charge in [0.05, 0.1) is 12.8 Å². The predicted octanol–water partition coefficient (Wildman–Crippen LogP) is 5.65. The zero-order valence-electron chi connectivity index (χ0n) is 20.6. The molecule has 0 aliphatic carbocycles. The van der Waals surface area contributed by atoms with Crippen LogP contribution < -0.4 is 4.74 Å². The molecule has 3 heterocycles. The van der Waals surface area contributed by atoms with E-state index in [9.17, 15) is 4.79 Å². The third-order valence-corrected chi connectivity index (χ3v) is 7.28. The van der Waals surface area contributed by atoms with Gasteiger partial charge in [-0.05, 0) is 61.4 Å².